The Bertz CT molecular complexity index is 839. The van der Waals surface area contributed by atoms with Gasteiger partial charge >= 0.3 is 11.9 Å². The van der Waals surface area contributed by atoms with E-state index in [0.29, 0.717) is 17.8 Å². The number of nitrogens with one attached hydrogen (secondary N) is 1. The summed E-state index contributed by atoms with van der Waals surface area (Å²) in [5.74, 6) is -1.42. The number of unbranched alkanes of at least 4 members (excludes halogenated alkanes) is 1. The van der Waals surface area contributed by atoms with Crippen LogP contribution in [0.1, 0.15) is 26.2 Å². The summed E-state index contributed by atoms with van der Waals surface area (Å²) in [5, 5.41) is 2.85. The third-order valence-corrected chi connectivity index (χ3v) is 4.05. The molecule has 0 aliphatic carbocycles. The maximum absolute atomic E-state index is 12.4. The predicted octanol–water partition coefficient (Wildman–Crippen LogP) is 3.31. The van der Waals surface area contributed by atoms with Gasteiger partial charge in [-0.05, 0) is 36.8 Å². The molecule has 1 aliphatic heterocycles. The van der Waals surface area contributed by atoms with Crippen LogP contribution in [-0.4, -0.2) is 32.1 Å². The molecule has 0 saturated heterocycles. The Morgan fingerprint density at radius 1 is 1.07 bits per heavy atom. The normalized spacial score (nSPS) is 13.2. The molecule has 1 aromatic rings. The van der Waals surface area contributed by atoms with Crippen LogP contribution in [0, 0.1) is 0 Å². The predicted molar refractivity (Wildman–Crippen MR) is 106 cm³/mol. The topological polar surface area (TPSA) is 84.9 Å². The highest BCUT2D eigenvalue weighted by molar-refractivity contribution is 6.05. The van der Waals surface area contributed by atoms with Crippen LogP contribution in [0.25, 0.3) is 0 Å². The smallest absolute Gasteiger partial charge is 0.355 e. The van der Waals surface area contributed by atoms with Crippen molar-refractivity contribution in [3.63, 3.8) is 0 Å². The minimum Gasteiger partial charge on any atom is -0.465 e. The fraction of sp³-hybridized carbons (Fsp3) is 0.286. The minimum absolute atomic E-state index is 0.0220. The molecule has 28 heavy (non-hydrogen) atoms. The van der Waals surface area contributed by atoms with Gasteiger partial charge in [-0.25, -0.2) is 9.59 Å². The van der Waals surface area contributed by atoms with Gasteiger partial charge in [0.1, 0.15) is 5.70 Å². The monoisotopic (exact) mass is 384 g/mol. The van der Waals surface area contributed by atoms with Crippen LogP contribution in [0.4, 0.5) is 11.4 Å². The van der Waals surface area contributed by atoms with Crippen molar-refractivity contribution in [2.75, 3.05) is 24.4 Å². The van der Waals surface area contributed by atoms with Gasteiger partial charge in [0.05, 0.1) is 19.8 Å². The molecule has 0 saturated carbocycles. The molecule has 1 amide bonds. The first-order valence-electron chi connectivity index (χ1n) is 8.96. The van der Waals surface area contributed by atoms with Gasteiger partial charge in [-0.3, -0.25) is 4.79 Å². The summed E-state index contributed by atoms with van der Waals surface area (Å²) in [6, 6.07) is 6.99. The highest BCUT2D eigenvalue weighted by Crippen LogP contribution is 2.28. The highest BCUT2D eigenvalue weighted by atomic mass is 16.5. The lowest BCUT2D eigenvalue weighted by Gasteiger charge is -2.23. The van der Waals surface area contributed by atoms with Crippen LogP contribution in [-0.2, 0) is 23.9 Å². The first-order valence-corrected chi connectivity index (χ1v) is 8.96. The van der Waals surface area contributed by atoms with Crippen LogP contribution >= 0.6 is 0 Å². The molecule has 0 radical (unpaired) electrons. The van der Waals surface area contributed by atoms with E-state index in [4.69, 9.17) is 9.47 Å². The van der Waals surface area contributed by atoms with Crippen molar-refractivity contribution in [1.82, 2.24) is 0 Å². The molecule has 0 bridgehead atoms. The van der Waals surface area contributed by atoms with Gasteiger partial charge < -0.3 is 19.7 Å². The molecule has 7 heteroatoms. The molecule has 1 heterocycles. The Balaban J connectivity index is 2.43. The number of amides is 1. The van der Waals surface area contributed by atoms with E-state index in [1.807, 2.05) is 6.92 Å². The largest absolute Gasteiger partial charge is 0.465 e. The van der Waals surface area contributed by atoms with E-state index in [1.54, 1.807) is 42.6 Å². The molecule has 0 spiro atoms. The van der Waals surface area contributed by atoms with Crippen molar-refractivity contribution in [2.24, 2.45) is 0 Å². The maximum atomic E-state index is 12.4. The number of anilines is 2. The average Bonchev–Trinajstić information content (AvgIpc) is 2.94. The van der Waals surface area contributed by atoms with Gasteiger partial charge in [-0.1, -0.05) is 25.5 Å². The second-order valence-electron chi connectivity index (χ2n) is 6.02. The van der Waals surface area contributed by atoms with Crippen molar-refractivity contribution in [3.8, 4) is 0 Å². The quantitative estimate of drug-likeness (QED) is 0.726. The Hall–Kier alpha value is -3.35. The molecule has 1 N–H and O–H groups in total. The number of carbonyl (C=O) groups is 3. The number of allylic oxidation sites excluding steroid dienone is 2. The van der Waals surface area contributed by atoms with E-state index in [-0.39, 0.29) is 17.2 Å². The van der Waals surface area contributed by atoms with Crippen LogP contribution in [0.3, 0.4) is 0 Å². The molecule has 2 rings (SSSR count). The SMILES string of the molecule is CCCCC(=O)Nc1cccc(N2C=CC=CC(C(=O)OC)=C2C(=O)OC)c1. The van der Waals surface area contributed by atoms with Crippen molar-refractivity contribution in [2.45, 2.75) is 26.2 Å². The maximum Gasteiger partial charge on any atom is 0.355 e. The lowest BCUT2D eigenvalue weighted by molar-refractivity contribution is -0.139. The third kappa shape index (κ3) is 5.09. The van der Waals surface area contributed by atoms with Crippen molar-refractivity contribution in [1.29, 1.82) is 0 Å². The number of rotatable bonds is 7. The Morgan fingerprint density at radius 2 is 1.82 bits per heavy atom. The van der Waals surface area contributed by atoms with E-state index in [2.05, 4.69) is 5.32 Å². The highest BCUT2D eigenvalue weighted by Gasteiger charge is 2.27. The summed E-state index contributed by atoms with van der Waals surface area (Å²) in [6.45, 7) is 2.02. The standard InChI is InChI=1S/C21H24N2O5/c1-4-5-12-18(24)22-15-9-8-10-16(14-15)23-13-7-6-11-17(20(25)27-2)19(23)21(26)28-3/h6-11,13-14H,4-5,12H2,1-3H3,(H,22,24). The first-order chi connectivity index (χ1) is 13.5. The second kappa shape index (κ2) is 10.1. The molecule has 7 nitrogen and oxygen atoms in total. The Morgan fingerprint density at radius 3 is 2.50 bits per heavy atom. The van der Waals surface area contributed by atoms with Crippen molar-refractivity contribution < 1.29 is 23.9 Å². The summed E-state index contributed by atoms with van der Waals surface area (Å²) in [6.07, 6.45) is 8.62. The Kier molecular flexibility index (Phi) is 7.56. The average molecular weight is 384 g/mol. The van der Waals surface area contributed by atoms with Crippen LogP contribution in [0.2, 0.25) is 0 Å². The van der Waals surface area contributed by atoms with E-state index in [9.17, 15) is 14.4 Å². The molecule has 1 aliphatic rings. The van der Waals surface area contributed by atoms with Gasteiger partial charge in [0.2, 0.25) is 5.91 Å². The fourth-order valence-corrected chi connectivity index (χ4v) is 2.66. The number of esters is 2. The van der Waals surface area contributed by atoms with Crippen LogP contribution in [0.5, 0.6) is 0 Å². The van der Waals surface area contributed by atoms with E-state index < -0.39 is 11.9 Å². The summed E-state index contributed by atoms with van der Waals surface area (Å²) < 4.78 is 9.68. The van der Waals surface area contributed by atoms with Crippen LogP contribution < -0.4 is 10.2 Å². The van der Waals surface area contributed by atoms with Crippen molar-refractivity contribution in [3.05, 3.63) is 60.0 Å². The van der Waals surface area contributed by atoms with E-state index in [0.717, 1.165) is 12.8 Å². The minimum atomic E-state index is -0.686. The van der Waals surface area contributed by atoms with Gasteiger partial charge in [-0.2, -0.15) is 0 Å². The van der Waals surface area contributed by atoms with Gasteiger partial charge in [0.15, 0.2) is 0 Å². The van der Waals surface area contributed by atoms with E-state index in [1.165, 1.54) is 25.2 Å². The van der Waals surface area contributed by atoms with Gasteiger partial charge in [-0.15, -0.1) is 0 Å². The molecule has 1 aromatic carbocycles. The molecule has 0 fully saturated rings. The number of hydrogen-bond donors (Lipinski definition) is 1. The number of nitrogens with zero attached hydrogens (tertiary/aromatic N) is 1. The summed E-state index contributed by atoms with van der Waals surface area (Å²) in [5.41, 5.74) is 1.26. The van der Waals surface area contributed by atoms with Gasteiger partial charge in [0, 0.05) is 24.0 Å². The molecular formula is C21H24N2O5. The first kappa shape index (κ1) is 21.0. The molecule has 0 aromatic heterocycles. The zero-order chi connectivity index (χ0) is 20.5. The molecule has 0 unspecified atom stereocenters. The lowest BCUT2D eigenvalue weighted by atomic mass is 10.1. The lowest BCUT2D eigenvalue weighted by Crippen LogP contribution is -2.27. The van der Waals surface area contributed by atoms with Crippen molar-refractivity contribution >= 4 is 29.2 Å². The number of methoxy groups -OCH3 is 2. The molecule has 148 valence electrons. The number of benzene rings is 1. The molecular weight excluding hydrogens is 360 g/mol. The summed E-state index contributed by atoms with van der Waals surface area (Å²) in [4.78, 5) is 38.2. The number of ether oxygens (including phenoxy) is 2. The van der Waals surface area contributed by atoms with Gasteiger partial charge in [0.25, 0.3) is 0 Å². The number of carbonyl (C=O) groups excluding carboxylic acids is 3. The summed E-state index contributed by atoms with van der Waals surface area (Å²) >= 11 is 0. The second-order valence-corrected chi connectivity index (χ2v) is 6.02. The van der Waals surface area contributed by atoms with Crippen LogP contribution in [0.15, 0.2) is 60.0 Å². The zero-order valence-corrected chi connectivity index (χ0v) is 16.2. The third-order valence-electron chi connectivity index (χ3n) is 4.05. The van der Waals surface area contributed by atoms with E-state index >= 15 is 0 Å². The fourth-order valence-electron chi connectivity index (χ4n) is 2.66. The zero-order valence-electron chi connectivity index (χ0n) is 16.2. The number of hydrogen-bond acceptors (Lipinski definition) is 6. The molecule has 0 atom stereocenters. The summed E-state index contributed by atoms with van der Waals surface area (Å²) in [7, 11) is 2.48. The Labute approximate surface area is 164 Å².